The molecule has 0 saturated heterocycles. The van der Waals surface area contributed by atoms with E-state index in [1.165, 1.54) is 68.9 Å². The quantitative estimate of drug-likeness (QED) is 0.722. The van der Waals surface area contributed by atoms with Gasteiger partial charge in [-0.25, -0.2) is 4.98 Å². The van der Waals surface area contributed by atoms with Gasteiger partial charge in [0.2, 0.25) is 0 Å². The number of anilines is 1. The van der Waals surface area contributed by atoms with Gasteiger partial charge in [-0.15, -0.1) is 11.3 Å². The Morgan fingerprint density at radius 2 is 1.57 bits per heavy atom. The maximum absolute atomic E-state index is 4.79. The molecular formula is C20H26N2S. The van der Waals surface area contributed by atoms with E-state index in [1.807, 2.05) is 0 Å². The summed E-state index contributed by atoms with van der Waals surface area (Å²) in [5.74, 6) is 0.785. The first kappa shape index (κ1) is 15.2. The molecule has 2 nitrogen and oxygen atoms in total. The molecule has 2 aliphatic carbocycles. The van der Waals surface area contributed by atoms with Gasteiger partial charge in [0, 0.05) is 17.0 Å². The fraction of sp³-hybridized carbons (Fsp3) is 0.550. The molecule has 1 aromatic heterocycles. The Kier molecular flexibility index (Phi) is 4.65. The molecule has 0 spiro atoms. The van der Waals surface area contributed by atoms with Crippen LogP contribution >= 0.6 is 11.3 Å². The number of nitrogens with zero attached hydrogens (tertiary/aromatic N) is 1. The van der Waals surface area contributed by atoms with Crippen molar-refractivity contribution in [1.29, 1.82) is 0 Å². The average molecular weight is 327 g/mol. The predicted molar refractivity (Wildman–Crippen MR) is 99.3 cm³/mol. The van der Waals surface area contributed by atoms with E-state index in [4.69, 9.17) is 4.98 Å². The molecule has 0 atom stereocenters. The topological polar surface area (TPSA) is 24.9 Å². The van der Waals surface area contributed by atoms with Gasteiger partial charge in [-0.2, -0.15) is 0 Å². The van der Waals surface area contributed by atoms with E-state index < -0.39 is 0 Å². The van der Waals surface area contributed by atoms with E-state index in [-0.39, 0.29) is 0 Å². The van der Waals surface area contributed by atoms with Crippen molar-refractivity contribution in [1.82, 2.24) is 4.98 Å². The second-order valence-corrected chi connectivity index (χ2v) is 7.98. The molecule has 2 fully saturated rings. The molecule has 1 heterocycles. The molecule has 1 aromatic carbocycles. The maximum atomic E-state index is 4.79. The minimum Gasteiger partial charge on any atom is -0.359 e. The third-order valence-corrected chi connectivity index (χ3v) is 6.24. The van der Waals surface area contributed by atoms with Crippen molar-refractivity contribution >= 4 is 16.5 Å². The average Bonchev–Trinajstić information content (AvgIpc) is 3.28. The Bertz CT molecular complexity index is 619. The van der Waals surface area contributed by atoms with E-state index in [0.717, 1.165) is 16.7 Å². The lowest BCUT2D eigenvalue weighted by molar-refractivity contribution is 0.443. The molecule has 0 amide bonds. The summed E-state index contributed by atoms with van der Waals surface area (Å²) in [4.78, 5) is 4.79. The van der Waals surface area contributed by atoms with Crippen molar-refractivity contribution < 1.29 is 0 Å². The van der Waals surface area contributed by atoms with Crippen LogP contribution in [-0.2, 0) is 0 Å². The Labute approximate surface area is 143 Å². The third-order valence-electron chi connectivity index (χ3n) is 5.47. The lowest BCUT2D eigenvalue weighted by Crippen LogP contribution is -2.13. The second-order valence-electron chi connectivity index (χ2n) is 7.12. The molecule has 1 N–H and O–H groups in total. The number of nitrogens with one attached hydrogen (secondary N) is 1. The molecule has 0 bridgehead atoms. The highest BCUT2D eigenvalue weighted by Gasteiger charge is 2.17. The molecule has 0 radical (unpaired) electrons. The molecule has 122 valence electrons. The first-order valence-corrected chi connectivity index (χ1v) is 10.1. The van der Waals surface area contributed by atoms with Gasteiger partial charge in [-0.3, -0.25) is 0 Å². The summed E-state index contributed by atoms with van der Waals surface area (Å²) in [5, 5.41) is 6.88. The van der Waals surface area contributed by atoms with Crippen LogP contribution in [0, 0.1) is 0 Å². The monoisotopic (exact) mass is 326 g/mol. The van der Waals surface area contributed by atoms with Crippen LogP contribution < -0.4 is 5.32 Å². The van der Waals surface area contributed by atoms with Crippen LogP contribution in [0.1, 0.15) is 69.3 Å². The molecule has 2 saturated carbocycles. The van der Waals surface area contributed by atoms with Gasteiger partial charge in [-0.1, -0.05) is 56.4 Å². The molecule has 3 heteroatoms. The van der Waals surface area contributed by atoms with Gasteiger partial charge in [0.25, 0.3) is 0 Å². The minimum absolute atomic E-state index is 0.641. The molecular weight excluding hydrogens is 300 g/mol. The van der Waals surface area contributed by atoms with E-state index in [1.54, 1.807) is 11.3 Å². The zero-order chi connectivity index (χ0) is 15.5. The summed E-state index contributed by atoms with van der Waals surface area (Å²) in [6.45, 7) is 0. The van der Waals surface area contributed by atoms with Crippen LogP contribution in [0.2, 0.25) is 0 Å². The zero-order valence-corrected chi connectivity index (χ0v) is 14.6. The second kappa shape index (κ2) is 7.04. The number of hydrogen-bond donors (Lipinski definition) is 1. The number of aromatic nitrogens is 1. The highest BCUT2D eigenvalue weighted by molar-refractivity contribution is 7.14. The first-order valence-electron chi connectivity index (χ1n) is 9.21. The van der Waals surface area contributed by atoms with Crippen LogP contribution in [0.15, 0.2) is 29.6 Å². The lowest BCUT2D eigenvalue weighted by Gasteiger charge is -2.22. The molecule has 0 aliphatic heterocycles. The van der Waals surface area contributed by atoms with Crippen molar-refractivity contribution in [2.24, 2.45) is 0 Å². The third kappa shape index (κ3) is 3.60. The largest absolute Gasteiger partial charge is 0.359 e. The van der Waals surface area contributed by atoms with E-state index in [0.29, 0.717) is 6.04 Å². The smallest absolute Gasteiger partial charge is 0.183 e. The Morgan fingerprint density at radius 3 is 2.30 bits per heavy atom. The molecule has 2 aliphatic rings. The first-order chi connectivity index (χ1) is 11.4. The normalized spacial score (nSPS) is 20.0. The fourth-order valence-corrected chi connectivity index (χ4v) is 4.88. The van der Waals surface area contributed by atoms with Crippen LogP contribution in [0.4, 0.5) is 5.13 Å². The summed E-state index contributed by atoms with van der Waals surface area (Å²) in [6.07, 6.45) is 12.3. The van der Waals surface area contributed by atoms with Crippen molar-refractivity contribution in [2.75, 3.05) is 5.32 Å². The Balaban J connectivity index is 1.44. The van der Waals surface area contributed by atoms with E-state index in [9.17, 15) is 0 Å². The number of benzene rings is 1. The van der Waals surface area contributed by atoms with E-state index in [2.05, 4.69) is 35.0 Å². The van der Waals surface area contributed by atoms with Gasteiger partial charge in [0.15, 0.2) is 5.13 Å². The van der Waals surface area contributed by atoms with E-state index >= 15 is 0 Å². The fourth-order valence-electron chi connectivity index (χ4n) is 4.08. The van der Waals surface area contributed by atoms with Gasteiger partial charge in [-0.05, 0) is 37.2 Å². The maximum Gasteiger partial charge on any atom is 0.183 e. The highest BCUT2D eigenvalue weighted by atomic mass is 32.1. The Hall–Kier alpha value is -1.35. The van der Waals surface area contributed by atoms with Crippen molar-refractivity contribution in [3.8, 4) is 11.3 Å². The summed E-state index contributed by atoms with van der Waals surface area (Å²) < 4.78 is 0. The predicted octanol–water partition coefficient (Wildman–Crippen LogP) is 6.21. The summed E-state index contributed by atoms with van der Waals surface area (Å²) in [7, 11) is 0. The standard InChI is InChI=1S/C20H26N2S/c1-2-6-15(7-3-1)16-10-12-17(13-11-16)19-14-23-20(22-19)21-18-8-4-5-9-18/h10-15,18H,1-9H2,(H,21,22). The molecule has 0 unspecified atom stereocenters. The SMILES string of the molecule is c1cc(C2CCCCC2)ccc1-c1csc(NC2CCCC2)n1. The van der Waals surface area contributed by atoms with Crippen LogP contribution in [0.25, 0.3) is 11.3 Å². The minimum atomic E-state index is 0.641. The van der Waals surface area contributed by atoms with Crippen molar-refractivity contribution in [2.45, 2.75) is 69.7 Å². The van der Waals surface area contributed by atoms with Crippen molar-refractivity contribution in [3.63, 3.8) is 0 Å². The van der Waals surface area contributed by atoms with Crippen LogP contribution in [0.5, 0.6) is 0 Å². The van der Waals surface area contributed by atoms with Crippen LogP contribution in [-0.4, -0.2) is 11.0 Å². The number of hydrogen-bond acceptors (Lipinski definition) is 3. The van der Waals surface area contributed by atoms with Crippen molar-refractivity contribution in [3.05, 3.63) is 35.2 Å². The summed E-state index contributed by atoms with van der Waals surface area (Å²) >= 11 is 1.74. The van der Waals surface area contributed by atoms with Crippen LogP contribution in [0.3, 0.4) is 0 Å². The van der Waals surface area contributed by atoms with Gasteiger partial charge in [0.1, 0.15) is 0 Å². The summed E-state index contributed by atoms with van der Waals surface area (Å²) in [6, 6.07) is 9.82. The summed E-state index contributed by atoms with van der Waals surface area (Å²) in [5.41, 5.74) is 3.89. The van der Waals surface area contributed by atoms with Gasteiger partial charge in [0.05, 0.1) is 5.69 Å². The Morgan fingerprint density at radius 1 is 0.870 bits per heavy atom. The molecule has 2 aromatic rings. The zero-order valence-electron chi connectivity index (χ0n) is 13.8. The number of rotatable bonds is 4. The lowest BCUT2D eigenvalue weighted by atomic mass is 9.84. The number of thiazole rings is 1. The molecule has 4 rings (SSSR count). The highest BCUT2D eigenvalue weighted by Crippen LogP contribution is 2.34. The molecule has 23 heavy (non-hydrogen) atoms. The van der Waals surface area contributed by atoms with Gasteiger partial charge >= 0.3 is 0 Å². The van der Waals surface area contributed by atoms with Gasteiger partial charge < -0.3 is 5.32 Å².